The van der Waals surface area contributed by atoms with E-state index >= 15 is 0 Å². The largest absolute Gasteiger partial charge is 0.485 e. The summed E-state index contributed by atoms with van der Waals surface area (Å²) in [4.78, 5) is 11.0. The van der Waals surface area contributed by atoms with Crippen LogP contribution in [0.1, 0.15) is 48.8 Å². The van der Waals surface area contributed by atoms with E-state index in [0.29, 0.717) is 22.4 Å². The van der Waals surface area contributed by atoms with Crippen molar-refractivity contribution < 1.29 is 9.53 Å². The van der Waals surface area contributed by atoms with Crippen LogP contribution in [0.15, 0.2) is 30.5 Å². The topological polar surface area (TPSA) is 44.1 Å². The molecule has 0 unspecified atom stereocenters. The third kappa shape index (κ3) is 3.64. The second kappa shape index (κ2) is 7.27. The molecular weight excluding hydrogens is 288 g/mol. The Balaban J connectivity index is 2.09. The Morgan fingerprint density at radius 3 is 2.76 bits per heavy atom. The number of benzene rings is 1. The van der Waals surface area contributed by atoms with Crippen molar-refractivity contribution >= 4 is 17.9 Å². The minimum Gasteiger partial charge on any atom is -0.485 e. The fourth-order valence-electron chi connectivity index (χ4n) is 2.24. The Morgan fingerprint density at radius 1 is 1.33 bits per heavy atom. The minimum absolute atomic E-state index is 0.289. The number of halogens is 1. The van der Waals surface area contributed by atoms with E-state index in [0.717, 1.165) is 24.8 Å². The number of rotatable bonds is 7. The van der Waals surface area contributed by atoms with Crippen LogP contribution in [0.5, 0.6) is 5.75 Å². The number of carbonyl (C=O) groups is 1. The fraction of sp³-hybridized carbons (Fsp3) is 0.375. The summed E-state index contributed by atoms with van der Waals surface area (Å²) in [6.07, 6.45) is 4.78. The summed E-state index contributed by atoms with van der Waals surface area (Å²) in [6.45, 7) is 4.58. The molecule has 2 aromatic rings. The first-order chi connectivity index (χ1) is 10.2. The summed E-state index contributed by atoms with van der Waals surface area (Å²) in [5, 5.41) is 4.94. The van der Waals surface area contributed by atoms with Gasteiger partial charge in [0.15, 0.2) is 6.29 Å². The average molecular weight is 307 g/mol. The highest BCUT2D eigenvalue weighted by atomic mass is 35.5. The molecule has 2 rings (SSSR count). The van der Waals surface area contributed by atoms with Gasteiger partial charge in [-0.2, -0.15) is 5.10 Å². The van der Waals surface area contributed by atoms with Crippen molar-refractivity contribution in [2.75, 3.05) is 0 Å². The number of ether oxygens (including phenoxy) is 1. The van der Waals surface area contributed by atoms with Gasteiger partial charge in [0.25, 0.3) is 0 Å². The maximum absolute atomic E-state index is 11.0. The van der Waals surface area contributed by atoms with Gasteiger partial charge in [-0.1, -0.05) is 31.5 Å². The van der Waals surface area contributed by atoms with Gasteiger partial charge in [-0.25, -0.2) is 0 Å². The van der Waals surface area contributed by atoms with Crippen LogP contribution in [-0.4, -0.2) is 16.1 Å². The summed E-state index contributed by atoms with van der Waals surface area (Å²) in [7, 11) is 0. The highest BCUT2D eigenvalue weighted by Gasteiger charge is 2.11. The monoisotopic (exact) mass is 306 g/mol. The molecule has 0 spiro atoms. The van der Waals surface area contributed by atoms with E-state index in [2.05, 4.69) is 18.9 Å². The predicted octanol–water partition coefficient (Wildman–Crippen LogP) is 4.29. The average Bonchev–Trinajstić information content (AvgIpc) is 2.96. The number of hydrogen-bond acceptors (Lipinski definition) is 3. The van der Waals surface area contributed by atoms with E-state index in [4.69, 9.17) is 16.3 Å². The van der Waals surface area contributed by atoms with Gasteiger partial charge in [0.05, 0.1) is 22.3 Å². The Bertz CT molecular complexity index is 606. The maximum atomic E-state index is 11.0. The molecule has 1 aromatic carbocycles. The fourth-order valence-corrected chi connectivity index (χ4v) is 2.47. The van der Waals surface area contributed by atoms with E-state index < -0.39 is 0 Å². The van der Waals surface area contributed by atoms with Gasteiger partial charge in [-0.05, 0) is 31.0 Å². The van der Waals surface area contributed by atoms with Crippen LogP contribution in [0.25, 0.3) is 0 Å². The van der Waals surface area contributed by atoms with Crippen LogP contribution in [-0.2, 0) is 6.61 Å². The standard InChI is InChI=1S/C16H19ClN2O2/c1-3-14(4-2)19-9-8-13(18-19)11-21-16-12(10-20)6-5-7-15(16)17/h5-10,14H,3-4,11H2,1-2H3. The summed E-state index contributed by atoms with van der Waals surface area (Å²) in [6, 6.07) is 7.44. The van der Waals surface area contributed by atoms with Crippen molar-refractivity contribution in [2.45, 2.75) is 39.3 Å². The van der Waals surface area contributed by atoms with Crippen LogP contribution in [0.3, 0.4) is 0 Å². The van der Waals surface area contributed by atoms with Gasteiger partial charge in [0, 0.05) is 6.20 Å². The Labute approximate surface area is 129 Å². The molecule has 1 heterocycles. The van der Waals surface area contributed by atoms with Crippen LogP contribution in [0.2, 0.25) is 5.02 Å². The molecule has 0 N–H and O–H groups in total. The highest BCUT2D eigenvalue weighted by molar-refractivity contribution is 6.32. The molecule has 5 heteroatoms. The molecule has 0 atom stereocenters. The van der Waals surface area contributed by atoms with Gasteiger partial charge in [0.2, 0.25) is 0 Å². The van der Waals surface area contributed by atoms with Crippen molar-refractivity contribution in [3.05, 3.63) is 46.7 Å². The van der Waals surface area contributed by atoms with Crippen LogP contribution < -0.4 is 4.74 Å². The lowest BCUT2D eigenvalue weighted by atomic mass is 10.2. The maximum Gasteiger partial charge on any atom is 0.153 e. The van der Waals surface area contributed by atoms with E-state index in [-0.39, 0.29) is 6.61 Å². The van der Waals surface area contributed by atoms with Gasteiger partial charge >= 0.3 is 0 Å². The predicted molar refractivity (Wildman–Crippen MR) is 83.0 cm³/mol. The molecule has 4 nitrogen and oxygen atoms in total. The molecule has 0 amide bonds. The minimum atomic E-state index is 0.289. The van der Waals surface area contributed by atoms with Gasteiger partial charge in [-0.3, -0.25) is 9.48 Å². The lowest BCUT2D eigenvalue weighted by Crippen LogP contribution is -2.08. The summed E-state index contributed by atoms with van der Waals surface area (Å²) >= 11 is 6.07. The molecule has 21 heavy (non-hydrogen) atoms. The zero-order chi connectivity index (χ0) is 15.2. The number of para-hydroxylation sites is 1. The highest BCUT2D eigenvalue weighted by Crippen LogP contribution is 2.28. The number of hydrogen-bond donors (Lipinski definition) is 0. The molecule has 0 bridgehead atoms. The van der Waals surface area contributed by atoms with Crippen LogP contribution in [0.4, 0.5) is 0 Å². The molecule has 112 valence electrons. The number of aromatic nitrogens is 2. The molecular formula is C16H19ClN2O2. The van der Waals surface area contributed by atoms with E-state index in [9.17, 15) is 4.79 Å². The zero-order valence-corrected chi connectivity index (χ0v) is 13.0. The van der Waals surface area contributed by atoms with Gasteiger partial charge in [0.1, 0.15) is 12.4 Å². The molecule has 0 saturated heterocycles. The van der Waals surface area contributed by atoms with Gasteiger partial charge in [-0.15, -0.1) is 0 Å². The van der Waals surface area contributed by atoms with E-state index in [1.165, 1.54) is 0 Å². The quantitative estimate of drug-likeness (QED) is 0.717. The van der Waals surface area contributed by atoms with Crippen molar-refractivity contribution in [1.82, 2.24) is 9.78 Å². The summed E-state index contributed by atoms with van der Waals surface area (Å²) < 4.78 is 7.63. The number of carbonyl (C=O) groups excluding carboxylic acids is 1. The molecule has 0 aliphatic heterocycles. The third-order valence-corrected chi connectivity index (χ3v) is 3.77. The molecule has 0 aliphatic rings. The first-order valence-electron chi connectivity index (χ1n) is 7.10. The van der Waals surface area contributed by atoms with Crippen LogP contribution >= 0.6 is 11.6 Å². The van der Waals surface area contributed by atoms with Crippen molar-refractivity contribution in [1.29, 1.82) is 0 Å². The molecule has 0 saturated carbocycles. The zero-order valence-electron chi connectivity index (χ0n) is 12.3. The Hall–Kier alpha value is -1.81. The summed E-state index contributed by atoms with van der Waals surface area (Å²) in [5.41, 5.74) is 1.26. The third-order valence-electron chi connectivity index (χ3n) is 3.47. The first-order valence-corrected chi connectivity index (χ1v) is 7.47. The molecule has 1 aromatic heterocycles. The van der Waals surface area contributed by atoms with Crippen molar-refractivity contribution in [3.8, 4) is 5.75 Å². The second-order valence-electron chi connectivity index (χ2n) is 4.82. The van der Waals surface area contributed by atoms with Crippen molar-refractivity contribution in [3.63, 3.8) is 0 Å². The van der Waals surface area contributed by atoms with Crippen molar-refractivity contribution in [2.24, 2.45) is 0 Å². The second-order valence-corrected chi connectivity index (χ2v) is 5.23. The van der Waals surface area contributed by atoms with Crippen LogP contribution in [0, 0.1) is 0 Å². The number of nitrogens with zero attached hydrogens (tertiary/aromatic N) is 2. The summed E-state index contributed by atoms with van der Waals surface area (Å²) in [5.74, 6) is 0.409. The lowest BCUT2D eigenvalue weighted by Gasteiger charge is -2.12. The SMILES string of the molecule is CCC(CC)n1ccc(COc2c(Cl)cccc2C=O)n1. The Morgan fingerprint density at radius 2 is 2.10 bits per heavy atom. The lowest BCUT2D eigenvalue weighted by molar-refractivity contribution is 0.111. The van der Waals surface area contributed by atoms with E-state index in [1.54, 1.807) is 18.2 Å². The number of aldehydes is 1. The van der Waals surface area contributed by atoms with E-state index in [1.807, 2.05) is 16.9 Å². The molecule has 0 fully saturated rings. The van der Waals surface area contributed by atoms with Gasteiger partial charge < -0.3 is 4.74 Å². The Kier molecular flexibility index (Phi) is 5.39. The smallest absolute Gasteiger partial charge is 0.153 e. The molecule has 0 radical (unpaired) electrons. The first kappa shape index (κ1) is 15.6. The normalized spacial score (nSPS) is 10.9. The molecule has 0 aliphatic carbocycles.